The van der Waals surface area contributed by atoms with Gasteiger partial charge >= 0.3 is 5.97 Å². The summed E-state index contributed by atoms with van der Waals surface area (Å²) in [7, 11) is -4.18. The molecule has 7 nitrogen and oxygen atoms in total. The number of halogens is 2. The molecule has 1 saturated carbocycles. The third kappa shape index (κ3) is 3.61. The van der Waals surface area contributed by atoms with Crippen LogP contribution in [0.25, 0.3) is 11.3 Å². The molecule has 1 fully saturated rings. The normalized spacial score (nSPS) is 23.1. The summed E-state index contributed by atoms with van der Waals surface area (Å²) < 4.78 is 58.1. The molecule has 0 aliphatic heterocycles. The largest absolute Gasteiger partial charge is 0.480 e. The lowest BCUT2D eigenvalue weighted by atomic mass is 10.1. The number of nitrogens with zero attached hydrogens (tertiary/aromatic N) is 1. The number of carboxylic acid groups (broad SMARTS) is 1. The summed E-state index contributed by atoms with van der Waals surface area (Å²) in [5.74, 6) is -2.81. The lowest BCUT2D eigenvalue weighted by Crippen LogP contribution is -2.45. The number of aromatic nitrogens is 1. The smallest absolute Gasteiger partial charge is 0.325 e. The third-order valence-electron chi connectivity index (χ3n) is 5.62. The van der Waals surface area contributed by atoms with Crippen molar-refractivity contribution in [3.8, 4) is 11.3 Å². The standard InChI is InChI=1S/C21H18F2N2O5S/c1-12-18(14-5-3-2-4-6-14)21(12,20(26)27)25-31(28,29)15-9-7-13(8-10-15)16-11-17(19(22)23)30-24-16/h2-12,18-19,25H,1H3,(H,26,27)/t12?,18-,21-/m0/s1. The fourth-order valence-electron chi connectivity index (χ4n) is 3.92. The lowest BCUT2D eigenvalue weighted by molar-refractivity contribution is -0.140. The van der Waals surface area contributed by atoms with Crippen molar-refractivity contribution < 1.29 is 31.6 Å². The molecule has 162 valence electrons. The molecule has 1 unspecified atom stereocenters. The summed E-state index contributed by atoms with van der Waals surface area (Å²) in [6, 6.07) is 15.2. The van der Waals surface area contributed by atoms with Crippen LogP contribution in [0.5, 0.6) is 0 Å². The first-order valence-corrected chi connectivity index (χ1v) is 10.8. The number of aliphatic carboxylic acids is 1. The van der Waals surface area contributed by atoms with Gasteiger partial charge in [0.1, 0.15) is 11.2 Å². The van der Waals surface area contributed by atoms with Gasteiger partial charge in [0.2, 0.25) is 15.8 Å². The molecular weight excluding hydrogens is 430 g/mol. The van der Waals surface area contributed by atoms with Gasteiger partial charge in [-0.1, -0.05) is 54.5 Å². The second-order valence-corrected chi connectivity index (χ2v) is 9.08. The number of benzene rings is 2. The van der Waals surface area contributed by atoms with Gasteiger partial charge in [-0.3, -0.25) is 4.79 Å². The number of rotatable bonds is 7. The van der Waals surface area contributed by atoms with E-state index >= 15 is 0 Å². The zero-order valence-electron chi connectivity index (χ0n) is 16.2. The van der Waals surface area contributed by atoms with Crippen molar-refractivity contribution in [1.29, 1.82) is 0 Å². The number of carboxylic acids is 1. The summed E-state index contributed by atoms with van der Waals surface area (Å²) >= 11 is 0. The number of alkyl halides is 2. The second-order valence-electron chi connectivity index (χ2n) is 7.40. The highest BCUT2D eigenvalue weighted by molar-refractivity contribution is 7.89. The number of sulfonamides is 1. The molecule has 0 bridgehead atoms. The molecule has 1 aliphatic rings. The topological polar surface area (TPSA) is 110 Å². The molecular formula is C21H18F2N2O5S. The van der Waals surface area contributed by atoms with Crippen molar-refractivity contribution in [3.63, 3.8) is 0 Å². The van der Waals surface area contributed by atoms with Gasteiger partial charge in [0.25, 0.3) is 6.43 Å². The minimum Gasteiger partial charge on any atom is -0.480 e. The third-order valence-corrected chi connectivity index (χ3v) is 7.12. The van der Waals surface area contributed by atoms with Crippen LogP contribution >= 0.6 is 0 Å². The molecule has 1 aromatic heterocycles. The highest BCUT2D eigenvalue weighted by atomic mass is 32.2. The summed E-state index contributed by atoms with van der Waals surface area (Å²) in [4.78, 5) is 11.9. The molecule has 0 radical (unpaired) electrons. The van der Waals surface area contributed by atoms with Crippen LogP contribution in [0.3, 0.4) is 0 Å². The van der Waals surface area contributed by atoms with Crippen molar-refractivity contribution in [3.05, 3.63) is 72.0 Å². The molecule has 10 heteroatoms. The van der Waals surface area contributed by atoms with Crippen molar-refractivity contribution in [2.45, 2.75) is 29.7 Å². The van der Waals surface area contributed by atoms with Gasteiger partial charge in [0, 0.05) is 17.5 Å². The van der Waals surface area contributed by atoms with E-state index in [9.17, 15) is 27.1 Å². The zero-order valence-corrected chi connectivity index (χ0v) is 17.0. The SMILES string of the molecule is CC1[C@@H](c2ccccc2)[C@]1(NS(=O)(=O)c1ccc(-c2cc(C(F)F)on2)cc1)C(=O)O. The summed E-state index contributed by atoms with van der Waals surface area (Å²) in [5.41, 5.74) is -0.410. The van der Waals surface area contributed by atoms with Crippen LogP contribution in [-0.2, 0) is 14.8 Å². The first kappa shape index (κ1) is 21.1. The minimum atomic E-state index is -4.18. The Labute approximate surface area is 176 Å². The van der Waals surface area contributed by atoms with E-state index in [2.05, 4.69) is 14.4 Å². The molecule has 1 aliphatic carbocycles. The van der Waals surface area contributed by atoms with Crippen LogP contribution in [0.15, 0.2) is 70.1 Å². The Balaban J connectivity index is 1.60. The van der Waals surface area contributed by atoms with Crippen LogP contribution < -0.4 is 4.72 Å². The summed E-state index contributed by atoms with van der Waals surface area (Å²) in [5, 5.41) is 13.4. The van der Waals surface area contributed by atoms with E-state index in [0.29, 0.717) is 5.56 Å². The van der Waals surface area contributed by atoms with E-state index in [1.807, 2.05) is 0 Å². The quantitative estimate of drug-likeness (QED) is 0.569. The van der Waals surface area contributed by atoms with Crippen molar-refractivity contribution in [1.82, 2.24) is 9.88 Å². The zero-order chi connectivity index (χ0) is 22.4. The van der Waals surface area contributed by atoms with Crippen LogP contribution in [0.1, 0.15) is 30.6 Å². The summed E-state index contributed by atoms with van der Waals surface area (Å²) in [6.45, 7) is 1.68. The first-order chi connectivity index (χ1) is 14.7. The predicted octanol–water partition coefficient (Wildman–Crippen LogP) is 3.81. The Hall–Kier alpha value is -3.11. The average Bonchev–Trinajstić information content (AvgIpc) is 3.10. The van der Waals surface area contributed by atoms with E-state index in [0.717, 1.165) is 11.6 Å². The van der Waals surface area contributed by atoms with Crippen LogP contribution in [0, 0.1) is 5.92 Å². The molecule has 4 rings (SSSR count). The first-order valence-electron chi connectivity index (χ1n) is 9.34. The Bertz CT molecular complexity index is 1210. The molecule has 2 aromatic carbocycles. The molecule has 3 atom stereocenters. The van der Waals surface area contributed by atoms with E-state index in [1.54, 1.807) is 37.3 Å². The molecule has 0 amide bonds. The van der Waals surface area contributed by atoms with Crippen LogP contribution in [0.4, 0.5) is 8.78 Å². The minimum absolute atomic E-state index is 0.133. The van der Waals surface area contributed by atoms with Crippen molar-refractivity contribution in [2.24, 2.45) is 5.92 Å². The van der Waals surface area contributed by atoms with Gasteiger partial charge in [-0.2, -0.15) is 4.72 Å². The maximum Gasteiger partial charge on any atom is 0.325 e. The Morgan fingerprint density at radius 3 is 2.35 bits per heavy atom. The average molecular weight is 448 g/mol. The maximum atomic E-state index is 12.9. The molecule has 0 spiro atoms. The van der Waals surface area contributed by atoms with E-state index < -0.39 is 45.6 Å². The Morgan fingerprint density at radius 2 is 1.81 bits per heavy atom. The Kier molecular flexibility index (Phi) is 5.14. The highest BCUT2D eigenvalue weighted by Crippen LogP contribution is 2.58. The van der Waals surface area contributed by atoms with Crippen LogP contribution in [-0.4, -0.2) is 30.2 Å². The fraction of sp³-hybridized carbons (Fsp3) is 0.238. The highest BCUT2D eigenvalue weighted by Gasteiger charge is 2.70. The lowest BCUT2D eigenvalue weighted by Gasteiger charge is -2.16. The van der Waals surface area contributed by atoms with Gasteiger partial charge in [-0.25, -0.2) is 17.2 Å². The second kappa shape index (κ2) is 7.54. The van der Waals surface area contributed by atoms with E-state index in [1.165, 1.54) is 24.3 Å². The van der Waals surface area contributed by atoms with Gasteiger partial charge in [0.15, 0.2) is 0 Å². The van der Waals surface area contributed by atoms with Gasteiger partial charge in [0.05, 0.1) is 4.90 Å². The molecule has 1 heterocycles. The Morgan fingerprint density at radius 1 is 1.16 bits per heavy atom. The monoisotopic (exact) mass is 448 g/mol. The number of hydrogen-bond acceptors (Lipinski definition) is 5. The molecule has 31 heavy (non-hydrogen) atoms. The van der Waals surface area contributed by atoms with E-state index in [-0.39, 0.29) is 10.6 Å². The van der Waals surface area contributed by atoms with Gasteiger partial charge in [-0.15, -0.1) is 0 Å². The molecule has 2 N–H and O–H groups in total. The van der Waals surface area contributed by atoms with Crippen molar-refractivity contribution in [2.75, 3.05) is 0 Å². The fourth-order valence-corrected chi connectivity index (χ4v) is 5.37. The number of carbonyl (C=O) groups is 1. The van der Waals surface area contributed by atoms with Gasteiger partial charge < -0.3 is 9.63 Å². The van der Waals surface area contributed by atoms with Crippen molar-refractivity contribution >= 4 is 16.0 Å². The predicted molar refractivity (Wildman–Crippen MR) is 106 cm³/mol. The maximum absolute atomic E-state index is 12.9. The van der Waals surface area contributed by atoms with Crippen LogP contribution in [0.2, 0.25) is 0 Å². The van der Waals surface area contributed by atoms with Gasteiger partial charge in [-0.05, 0) is 23.6 Å². The summed E-state index contributed by atoms with van der Waals surface area (Å²) in [6.07, 6.45) is -2.81. The molecule has 0 saturated heterocycles. The number of hydrogen-bond donors (Lipinski definition) is 2. The van der Waals surface area contributed by atoms with E-state index in [4.69, 9.17) is 0 Å². The number of nitrogens with one attached hydrogen (secondary N) is 1. The molecule has 3 aromatic rings.